The summed E-state index contributed by atoms with van der Waals surface area (Å²) in [6.45, 7) is 1.51. The summed E-state index contributed by atoms with van der Waals surface area (Å²) in [6, 6.07) is 4.51. The molecule has 0 spiro atoms. The Labute approximate surface area is 97.6 Å². The van der Waals surface area contributed by atoms with Gasteiger partial charge in [-0.15, -0.1) is 0 Å². The Morgan fingerprint density at radius 1 is 1.35 bits per heavy atom. The highest BCUT2D eigenvalue weighted by Crippen LogP contribution is 2.39. The number of ether oxygens (including phenoxy) is 2. The second-order valence-electron chi connectivity index (χ2n) is 3.88. The van der Waals surface area contributed by atoms with Crippen LogP contribution in [0.1, 0.15) is 18.1 Å². The third kappa shape index (κ3) is 2.31. The van der Waals surface area contributed by atoms with Crippen LogP contribution < -0.4 is 9.47 Å². The fourth-order valence-corrected chi connectivity index (χ4v) is 1.70. The highest BCUT2D eigenvalue weighted by molar-refractivity contribution is 5.52. The second-order valence-corrected chi connectivity index (χ2v) is 3.88. The van der Waals surface area contributed by atoms with E-state index in [2.05, 4.69) is 0 Å². The monoisotopic (exact) mass is 239 g/mol. The number of rotatable bonds is 2. The van der Waals surface area contributed by atoms with E-state index in [9.17, 15) is 8.78 Å². The summed E-state index contributed by atoms with van der Waals surface area (Å²) < 4.78 is 37.2. The van der Waals surface area contributed by atoms with Crippen molar-refractivity contribution >= 4 is 0 Å². The van der Waals surface area contributed by atoms with Crippen LogP contribution in [0.4, 0.5) is 8.78 Å². The molecule has 1 aliphatic rings. The Kier molecular flexibility index (Phi) is 2.88. The molecule has 17 heavy (non-hydrogen) atoms. The lowest BCUT2D eigenvalue weighted by atomic mass is 10.0. The standard InChI is InChI=1S/C12H11F2NO2/c1-12(13,14)9-6-8(2-3-15)11-10(7-9)16-4-5-17-11/h6-7H,2,4-5H2,1H3. The second kappa shape index (κ2) is 4.21. The topological polar surface area (TPSA) is 42.2 Å². The number of nitriles is 1. The summed E-state index contributed by atoms with van der Waals surface area (Å²) in [4.78, 5) is 0. The number of hydrogen-bond donors (Lipinski definition) is 0. The van der Waals surface area contributed by atoms with E-state index in [1.807, 2.05) is 6.07 Å². The fraction of sp³-hybridized carbons (Fsp3) is 0.417. The first-order valence-electron chi connectivity index (χ1n) is 5.20. The van der Waals surface area contributed by atoms with Gasteiger partial charge >= 0.3 is 0 Å². The molecule has 0 fully saturated rings. The van der Waals surface area contributed by atoms with Crippen molar-refractivity contribution in [2.45, 2.75) is 19.3 Å². The van der Waals surface area contributed by atoms with E-state index in [1.165, 1.54) is 12.1 Å². The molecule has 0 bridgehead atoms. The van der Waals surface area contributed by atoms with Crippen molar-refractivity contribution in [3.8, 4) is 17.6 Å². The van der Waals surface area contributed by atoms with Crippen LogP contribution in [0.2, 0.25) is 0 Å². The molecule has 0 aliphatic carbocycles. The first-order chi connectivity index (χ1) is 8.02. The van der Waals surface area contributed by atoms with Crippen LogP contribution in [0.25, 0.3) is 0 Å². The van der Waals surface area contributed by atoms with Crippen LogP contribution in [0.5, 0.6) is 11.5 Å². The van der Waals surface area contributed by atoms with Gasteiger partial charge in [0.15, 0.2) is 11.5 Å². The summed E-state index contributed by atoms with van der Waals surface area (Å²) in [7, 11) is 0. The summed E-state index contributed by atoms with van der Waals surface area (Å²) in [5, 5.41) is 8.68. The third-order valence-corrected chi connectivity index (χ3v) is 2.50. The van der Waals surface area contributed by atoms with Gasteiger partial charge in [-0.25, -0.2) is 8.78 Å². The smallest absolute Gasteiger partial charge is 0.270 e. The molecule has 1 aromatic carbocycles. The largest absolute Gasteiger partial charge is 0.486 e. The molecule has 0 amide bonds. The maximum Gasteiger partial charge on any atom is 0.270 e. The van der Waals surface area contributed by atoms with Crippen molar-refractivity contribution in [3.63, 3.8) is 0 Å². The van der Waals surface area contributed by atoms with E-state index in [4.69, 9.17) is 14.7 Å². The number of nitrogens with zero attached hydrogens (tertiary/aromatic N) is 1. The summed E-state index contributed by atoms with van der Waals surface area (Å²) in [5.41, 5.74) is 0.285. The van der Waals surface area contributed by atoms with Crippen molar-refractivity contribution < 1.29 is 18.3 Å². The Morgan fingerprint density at radius 3 is 2.71 bits per heavy atom. The van der Waals surface area contributed by atoms with E-state index in [1.54, 1.807) is 0 Å². The number of benzene rings is 1. The van der Waals surface area contributed by atoms with Crippen molar-refractivity contribution in [3.05, 3.63) is 23.3 Å². The lowest BCUT2D eigenvalue weighted by Gasteiger charge is -2.23. The van der Waals surface area contributed by atoms with E-state index < -0.39 is 5.92 Å². The molecule has 5 heteroatoms. The number of alkyl halides is 2. The van der Waals surface area contributed by atoms with Gasteiger partial charge in [0.25, 0.3) is 5.92 Å². The van der Waals surface area contributed by atoms with Crippen LogP contribution in [0.15, 0.2) is 12.1 Å². The fourth-order valence-electron chi connectivity index (χ4n) is 1.70. The van der Waals surface area contributed by atoms with Gasteiger partial charge in [-0.3, -0.25) is 0 Å². The minimum atomic E-state index is -2.96. The van der Waals surface area contributed by atoms with Gasteiger partial charge in [-0.2, -0.15) is 5.26 Å². The number of hydrogen-bond acceptors (Lipinski definition) is 3. The van der Waals surface area contributed by atoms with Crippen molar-refractivity contribution in [1.29, 1.82) is 5.26 Å². The molecule has 2 rings (SSSR count). The third-order valence-electron chi connectivity index (χ3n) is 2.50. The van der Waals surface area contributed by atoms with Crippen molar-refractivity contribution in [2.24, 2.45) is 0 Å². The molecule has 0 aromatic heterocycles. The van der Waals surface area contributed by atoms with E-state index in [-0.39, 0.29) is 12.0 Å². The molecular formula is C12H11F2NO2. The van der Waals surface area contributed by atoms with Gasteiger partial charge in [-0.05, 0) is 12.1 Å². The van der Waals surface area contributed by atoms with Crippen LogP contribution in [-0.2, 0) is 12.3 Å². The minimum absolute atomic E-state index is 0.0234. The average Bonchev–Trinajstić information content (AvgIpc) is 2.28. The van der Waals surface area contributed by atoms with Gasteiger partial charge in [0.05, 0.1) is 12.5 Å². The van der Waals surface area contributed by atoms with Crippen LogP contribution >= 0.6 is 0 Å². The molecule has 1 aliphatic heterocycles. The minimum Gasteiger partial charge on any atom is -0.486 e. The molecule has 1 heterocycles. The molecule has 1 aromatic rings. The summed E-state index contributed by atoms with van der Waals surface area (Å²) in [6.07, 6.45) is 0.0234. The van der Waals surface area contributed by atoms with Crippen LogP contribution in [0, 0.1) is 11.3 Å². The number of fused-ring (bicyclic) bond motifs is 1. The zero-order valence-electron chi connectivity index (χ0n) is 9.30. The Balaban J connectivity index is 2.53. The van der Waals surface area contributed by atoms with Gasteiger partial charge < -0.3 is 9.47 Å². The molecule has 0 radical (unpaired) electrons. The van der Waals surface area contributed by atoms with Gasteiger partial charge in [0, 0.05) is 18.1 Å². The molecule has 3 nitrogen and oxygen atoms in total. The van der Waals surface area contributed by atoms with Crippen molar-refractivity contribution in [2.75, 3.05) is 13.2 Å². The normalized spacial score (nSPS) is 14.2. The molecular weight excluding hydrogens is 228 g/mol. The predicted octanol–water partition coefficient (Wildman–Crippen LogP) is 2.64. The Hall–Kier alpha value is -1.83. The lowest BCUT2D eigenvalue weighted by molar-refractivity contribution is 0.0168. The van der Waals surface area contributed by atoms with Crippen LogP contribution in [-0.4, -0.2) is 13.2 Å². The quantitative estimate of drug-likeness (QED) is 0.796. The maximum atomic E-state index is 13.3. The summed E-state index contributed by atoms with van der Waals surface area (Å²) in [5.74, 6) is -2.26. The molecule has 0 N–H and O–H groups in total. The Bertz CT molecular complexity index is 475. The zero-order valence-corrected chi connectivity index (χ0v) is 9.30. The molecule has 0 saturated heterocycles. The Morgan fingerprint density at radius 2 is 2.06 bits per heavy atom. The SMILES string of the molecule is CC(F)(F)c1cc(CC#N)c2c(c1)OCCO2. The average molecular weight is 239 g/mol. The highest BCUT2D eigenvalue weighted by atomic mass is 19.3. The van der Waals surface area contributed by atoms with E-state index in [0.717, 1.165) is 6.92 Å². The zero-order chi connectivity index (χ0) is 12.5. The lowest BCUT2D eigenvalue weighted by Crippen LogP contribution is -2.18. The van der Waals surface area contributed by atoms with Gasteiger partial charge in [0.1, 0.15) is 13.2 Å². The first-order valence-corrected chi connectivity index (χ1v) is 5.20. The van der Waals surface area contributed by atoms with Gasteiger partial charge in [-0.1, -0.05) is 0 Å². The molecule has 0 saturated carbocycles. The summed E-state index contributed by atoms with van der Waals surface area (Å²) >= 11 is 0. The molecule has 0 unspecified atom stereocenters. The number of halogens is 2. The molecule has 90 valence electrons. The van der Waals surface area contributed by atoms with Crippen LogP contribution in [0.3, 0.4) is 0 Å². The first kappa shape index (κ1) is 11.6. The van der Waals surface area contributed by atoms with Crippen molar-refractivity contribution in [1.82, 2.24) is 0 Å². The van der Waals surface area contributed by atoms with E-state index >= 15 is 0 Å². The van der Waals surface area contributed by atoms with Gasteiger partial charge in [0.2, 0.25) is 0 Å². The predicted molar refractivity (Wildman–Crippen MR) is 56.3 cm³/mol. The highest BCUT2D eigenvalue weighted by Gasteiger charge is 2.28. The molecule has 0 atom stereocenters. The maximum absolute atomic E-state index is 13.3. The van der Waals surface area contributed by atoms with E-state index in [0.29, 0.717) is 30.3 Å².